The number of hydrogen-bond donors (Lipinski definition) is 3. The van der Waals surface area contributed by atoms with E-state index in [4.69, 9.17) is 4.74 Å². The van der Waals surface area contributed by atoms with Crippen LogP contribution in [0.25, 0.3) is 10.9 Å². The lowest BCUT2D eigenvalue weighted by Gasteiger charge is -2.34. The van der Waals surface area contributed by atoms with Crippen molar-refractivity contribution in [3.63, 3.8) is 0 Å². The second-order valence-corrected chi connectivity index (χ2v) is 9.85. The number of amides is 2. The molecule has 0 aliphatic carbocycles. The molecule has 3 N–H and O–H groups in total. The summed E-state index contributed by atoms with van der Waals surface area (Å²) >= 11 is 0. The molecule has 1 aromatic carbocycles. The molecule has 2 amide bonds. The zero-order valence-corrected chi connectivity index (χ0v) is 20.7. The zero-order chi connectivity index (χ0) is 25.4. The Morgan fingerprint density at radius 1 is 1.05 bits per heavy atom. The van der Waals surface area contributed by atoms with Crippen LogP contribution < -0.4 is 5.32 Å². The maximum absolute atomic E-state index is 13.5. The molecule has 0 bridgehead atoms. The van der Waals surface area contributed by atoms with Crippen LogP contribution in [0.5, 0.6) is 0 Å². The first-order valence-corrected chi connectivity index (χ1v) is 12.8. The molecule has 4 aromatic rings. The molecule has 6 rings (SSSR count). The Hall–Kier alpha value is -3.99. The van der Waals surface area contributed by atoms with E-state index in [2.05, 4.69) is 30.8 Å². The average Bonchev–Trinajstić information content (AvgIpc) is 3.70. The van der Waals surface area contributed by atoms with Gasteiger partial charge in [0.15, 0.2) is 5.82 Å². The molecule has 2 aliphatic rings. The Morgan fingerprint density at radius 3 is 2.78 bits per heavy atom. The van der Waals surface area contributed by atoms with E-state index in [9.17, 15) is 9.59 Å². The van der Waals surface area contributed by atoms with Crippen LogP contribution in [-0.4, -0.2) is 66.6 Å². The zero-order valence-electron chi connectivity index (χ0n) is 20.7. The number of benzene rings is 1. The third-order valence-electron chi connectivity index (χ3n) is 7.38. The number of carbonyl (C=O) groups is 2. The molecule has 1 unspecified atom stereocenters. The largest absolute Gasteiger partial charge is 0.381 e. The van der Waals surface area contributed by atoms with Gasteiger partial charge in [-0.15, -0.1) is 0 Å². The minimum Gasteiger partial charge on any atom is -0.381 e. The van der Waals surface area contributed by atoms with Gasteiger partial charge in [-0.1, -0.05) is 0 Å². The smallest absolute Gasteiger partial charge is 0.257 e. The highest BCUT2D eigenvalue weighted by molar-refractivity contribution is 6.06. The lowest BCUT2D eigenvalue weighted by atomic mass is 9.98. The summed E-state index contributed by atoms with van der Waals surface area (Å²) in [7, 11) is 0. The predicted molar refractivity (Wildman–Crippen MR) is 136 cm³/mol. The molecule has 37 heavy (non-hydrogen) atoms. The number of aromatic nitrogens is 6. The molecule has 0 saturated carbocycles. The van der Waals surface area contributed by atoms with Crippen molar-refractivity contribution in [3.8, 4) is 0 Å². The molecule has 2 fully saturated rings. The summed E-state index contributed by atoms with van der Waals surface area (Å²) < 4.78 is 7.35. The second-order valence-electron chi connectivity index (χ2n) is 9.85. The van der Waals surface area contributed by atoms with Crippen LogP contribution in [0, 0.1) is 6.92 Å². The normalized spacial score (nSPS) is 18.8. The van der Waals surface area contributed by atoms with Crippen molar-refractivity contribution in [3.05, 3.63) is 59.2 Å². The van der Waals surface area contributed by atoms with E-state index in [0.717, 1.165) is 67.5 Å². The van der Waals surface area contributed by atoms with Gasteiger partial charge in [-0.2, -0.15) is 15.3 Å². The van der Waals surface area contributed by atoms with Gasteiger partial charge < -0.3 is 15.0 Å². The van der Waals surface area contributed by atoms with Crippen molar-refractivity contribution in [1.82, 2.24) is 35.1 Å². The Bertz CT molecular complexity index is 1430. The predicted octanol–water partition coefficient (Wildman–Crippen LogP) is 3.76. The lowest BCUT2D eigenvalue weighted by Crippen LogP contribution is -2.38. The third kappa shape index (κ3) is 4.62. The van der Waals surface area contributed by atoms with Crippen LogP contribution in [0.1, 0.15) is 76.2 Å². The molecule has 1 atom stereocenters. The van der Waals surface area contributed by atoms with Crippen molar-refractivity contribution in [2.24, 2.45) is 0 Å². The van der Waals surface area contributed by atoms with Gasteiger partial charge in [0, 0.05) is 43.0 Å². The minimum atomic E-state index is -0.249. The Balaban J connectivity index is 1.17. The van der Waals surface area contributed by atoms with Gasteiger partial charge >= 0.3 is 0 Å². The first-order valence-electron chi connectivity index (χ1n) is 12.8. The highest BCUT2D eigenvalue weighted by Crippen LogP contribution is 2.32. The molecule has 192 valence electrons. The number of piperidine rings is 1. The number of nitrogens with one attached hydrogen (secondary N) is 3. The van der Waals surface area contributed by atoms with Crippen molar-refractivity contribution in [2.75, 3.05) is 25.1 Å². The number of carbonyl (C=O) groups excluding carboxylic acids is 2. The third-order valence-corrected chi connectivity index (χ3v) is 7.38. The van der Waals surface area contributed by atoms with E-state index in [0.29, 0.717) is 23.5 Å². The first-order chi connectivity index (χ1) is 18.1. The van der Waals surface area contributed by atoms with Crippen molar-refractivity contribution in [1.29, 1.82) is 0 Å². The summed E-state index contributed by atoms with van der Waals surface area (Å²) in [6.45, 7) is 4.04. The fraction of sp³-hybridized carbons (Fsp3) is 0.423. The van der Waals surface area contributed by atoms with E-state index in [1.807, 2.05) is 34.8 Å². The molecule has 0 spiro atoms. The summed E-state index contributed by atoms with van der Waals surface area (Å²) in [5, 5.41) is 22.6. The number of rotatable bonds is 5. The Kier molecular flexibility index (Phi) is 6.21. The highest BCUT2D eigenvalue weighted by atomic mass is 16.5. The lowest BCUT2D eigenvalue weighted by molar-refractivity contribution is 0.0603. The topological polar surface area (TPSA) is 134 Å². The summed E-state index contributed by atoms with van der Waals surface area (Å²) in [5.74, 6) is 0.142. The van der Waals surface area contributed by atoms with E-state index in [-0.39, 0.29) is 23.9 Å². The summed E-state index contributed by atoms with van der Waals surface area (Å²) in [4.78, 5) is 28.3. The van der Waals surface area contributed by atoms with Gasteiger partial charge in [-0.05, 0) is 56.7 Å². The molecular weight excluding hydrogens is 472 g/mol. The fourth-order valence-corrected chi connectivity index (χ4v) is 5.39. The van der Waals surface area contributed by atoms with E-state index in [1.165, 1.54) is 0 Å². The Labute approximate surface area is 213 Å². The standard InChI is InChI=1S/C26H30N8O3/c1-16-10-17(11-18-13-27-32-24(16)18)25(35)29-23-12-21(30-31-23)22-4-2-3-7-33(22)26(36)19-14-28-34(15-19)20-5-8-37-9-6-20/h10-15,20,22H,2-9H2,1H3,(H,27,32)(H2,29,30,31,35). The molecule has 2 aliphatic heterocycles. The van der Waals surface area contributed by atoms with E-state index >= 15 is 0 Å². The molecule has 11 heteroatoms. The number of aromatic amines is 2. The second kappa shape index (κ2) is 9.81. The van der Waals surface area contributed by atoms with Gasteiger partial charge in [0.2, 0.25) is 0 Å². The monoisotopic (exact) mass is 502 g/mol. The molecular formula is C26H30N8O3. The van der Waals surface area contributed by atoms with Crippen molar-refractivity contribution < 1.29 is 14.3 Å². The SMILES string of the molecule is Cc1cc(C(=O)Nc2cc(C3CCCCN3C(=O)c3cnn(C4CCOCC4)c3)[nH]n2)cc2cn[nH]c12. The van der Waals surface area contributed by atoms with Crippen LogP contribution in [0.15, 0.2) is 36.8 Å². The van der Waals surface area contributed by atoms with Gasteiger partial charge in [-0.25, -0.2) is 0 Å². The number of ether oxygens (including phenoxy) is 1. The summed E-state index contributed by atoms with van der Waals surface area (Å²) in [6, 6.07) is 5.57. The first kappa shape index (κ1) is 23.4. The fourth-order valence-electron chi connectivity index (χ4n) is 5.39. The van der Waals surface area contributed by atoms with Crippen molar-refractivity contribution in [2.45, 2.75) is 51.1 Å². The number of fused-ring (bicyclic) bond motifs is 1. The van der Waals surface area contributed by atoms with Gasteiger partial charge in [-0.3, -0.25) is 24.5 Å². The summed E-state index contributed by atoms with van der Waals surface area (Å²) in [6.07, 6.45) is 9.83. The molecule has 11 nitrogen and oxygen atoms in total. The average molecular weight is 503 g/mol. The Morgan fingerprint density at radius 2 is 1.92 bits per heavy atom. The molecule has 3 aromatic heterocycles. The van der Waals surface area contributed by atoms with E-state index in [1.54, 1.807) is 18.5 Å². The number of aryl methyl sites for hydroxylation is 1. The molecule has 0 radical (unpaired) electrons. The number of H-pyrrole nitrogens is 2. The minimum absolute atomic E-state index is 0.0351. The number of anilines is 1. The molecule has 5 heterocycles. The number of likely N-dealkylation sites (tertiary alicyclic amines) is 1. The van der Waals surface area contributed by atoms with Crippen LogP contribution >= 0.6 is 0 Å². The number of hydrogen-bond acceptors (Lipinski definition) is 6. The number of nitrogens with zero attached hydrogens (tertiary/aromatic N) is 5. The molecule has 2 saturated heterocycles. The van der Waals surface area contributed by atoms with Crippen LogP contribution in [0.4, 0.5) is 5.82 Å². The van der Waals surface area contributed by atoms with Crippen LogP contribution in [-0.2, 0) is 4.74 Å². The summed E-state index contributed by atoms with van der Waals surface area (Å²) in [5.41, 5.74) is 3.79. The van der Waals surface area contributed by atoms with Gasteiger partial charge in [0.05, 0.1) is 41.3 Å². The maximum Gasteiger partial charge on any atom is 0.257 e. The maximum atomic E-state index is 13.5. The van der Waals surface area contributed by atoms with Crippen molar-refractivity contribution >= 4 is 28.5 Å². The van der Waals surface area contributed by atoms with Crippen LogP contribution in [0.2, 0.25) is 0 Å². The van der Waals surface area contributed by atoms with E-state index < -0.39 is 0 Å². The highest BCUT2D eigenvalue weighted by Gasteiger charge is 2.31. The quantitative estimate of drug-likeness (QED) is 0.380. The van der Waals surface area contributed by atoms with Crippen LogP contribution in [0.3, 0.4) is 0 Å². The van der Waals surface area contributed by atoms with Gasteiger partial charge in [0.25, 0.3) is 11.8 Å². The van der Waals surface area contributed by atoms with Gasteiger partial charge in [0.1, 0.15) is 0 Å².